The molecule has 0 aliphatic carbocycles. The van der Waals surface area contributed by atoms with E-state index in [0.29, 0.717) is 18.7 Å². The van der Waals surface area contributed by atoms with Crippen LogP contribution < -0.4 is 0 Å². The van der Waals surface area contributed by atoms with E-state index in [1.54, 1.807) is 12.1 Å². The molecule has 134 valence electrons. The van der Waals surface area contributed by atoms with Crippen LogP contribution in [-0.2, 0) is 6.54 Å². The van der Waals surface area contributed by atoms with Gasteiger partial charge in [0.15, 0.2) is 11.6 Å². The van der Waals surface area contributed by atoms with Gasteiger partial charge < -0.3 is 10.2 Å². The molecule has 1 heterocycles. The fraction of sp³-hybridized carbons (Fsp3) is 0.273. The summed E-state index contributed by atoms with van der Waals surface area (Å²) in [5.74, 6) is -0.801. The lowest BCUT2D eigenvalue weighted by atomic mass is 9.86. The largest absolute Gasteiger partial charge is 0.505 e. The van der Waals surface area contributed by atoms with Gasteiger partial charge in [-0.2, -0.15) is 0 Å². The number of para-hydroxylation sites is 1. The number of benzene rings is 3. The number of aromatic hydroxyl groups is 1. The summed E-state index contributed by atoms with van der Waals surface area (Å²) in [6.45, 7) is 1.74. The van der Waals surface area contributed by atoms with Crippen molar-refractivity contribution < 1.29 is 14.6 Å². The zero-order valence-electron chi connectivity index (χ0n) is 14.5. The Kier molecular flexibility index (Phi) is 4.62. The van der Waals surface area contributed by atoms with Crippen LogP contribution in [0.15, 0.2) is 60.7 Å². The van der Waals surface area contributed by atoms with Crippen molar-refractivity contribution in [3.05, 3.63) is 77.6 Å². The van der Waals surface area contributed by atoms with Crippen molar-refractivity contribution in [2.45, 2.75) is 25.0 Å². The molecule has 3 nitrogen and oxygen atoms in total. The predicted octanol–water partition coefficient (Wildman–Crippen LogP) is 4.03. The molecule has 3 aromatic carbocycles. The molecule has 2 N–H and O–H groups in total. The van der Waals surface area contributed by atoms with Gasteiger partial charge in [-0.15, -0.1) is 0 Å². The standard InChI is InChI=1S/C22H22FNO2/c23-20-7-3-6-18(22(20)26)13-24-11-10-19(21(25)14-24)17-9-8-15-4-1-2-5-16(15)12-17/h1-9,12,19,21,25-26H,10-11,13-14H2/t19-,21+/m1/s1. The summed E-state index contributed by atoms with van der Waals surface area (Å²) < 4.78 is 13.5. The maximum atomic E-state index is 13.5. The molecule has 0 spiro atoms. The van der Waals surface area contributed by atoms with Gasteiger partial charge in [0.05, 0.1) is 6.10 Å². The molecule has 0 saturated carbocycles. The minimum atomic E-state index is -0.603. The average molecular weight is 351 g/mol. The number of hydrogen-bond acceptors (Lipinski definition) is 3. The molecule has 0 aromatic heterocycles. The van der Waals surface area contributed by atoms with Gasteiger partial charge in [0, 0.05) is 24.6 Å². The topological polar surface area (TPSA) is 43.7 Å². The zero-order valence-corrected chi connectivity index (χ0v) is 14.5. The molecule has 4 heteroatoms. The van der Waals surface area contributed by atoms with E-state index in [1.807, 2.05) is 12.1 Å². The number of likely N-dealkylation sites (tertiary alicyclic amines) is 1. The number of hydrogen-bond donors (Lipinski definition) is 2. The smallest absolute Gasteiger partial charge is 0.165 e. The quantitative estimate of drug-likeness (QED) is 0.749. The fourth-order valence-electron chi connectivity index (χ4n) is 3.90. The van der Waals surface area contributed by atoms with Crippen LogP contribution in [0.5, 0.6) is 5.75 Å². The van der Waals surface area contributed by atoms with E-state index in [-0.39, 0.29) is 11.7 Å². The summed E-state index contributed by atoms with van der Waals surface area (Å²) in [5, 5.41) is 22.9. The summed E-state index contributed by atoms with van der Waals surface area (Å²) >= 11 is 0. The Morgan fingerprint density at radius 1 is 1.00 bits per heavy atom. The second-order valence-corrected chi connectivity index (χ2v) is 7.05. The maximum Gasteiger partial charge on any atom is 0.165 e. The highest BCUT2D eigenvalue weighted by molar-refractivity contribution is 5.83. The van der Waals surface area contributed by atoms with Gasteiger partial charge >= 0.3 is 0 Å². The molecule has 0 radical (unpaired) electrons. The Labute approximate surface area is 152 Å². The number of halogens is 1. The first-order valence-corrected chi connectivity index (χ1v) is 8.97. The number of rotatable bonds is 3. The molecular formula is C22H22FNO2. The average Bonchev–Trinajstić information content (AvgIpc) is 2.65. The maximum absolute atomic E-state index is 13.5. The number of β-amino-alcohol motifs (C(OH)–C–C–N with tert-alkyl or cyclic N) is 1. The van der Waals surface area contributed by atoms with Gasteiger partial charge in [-0.25, -0.2) is 4.39 Å². The van der Waals surface area contributed by atoms with Crippen LogP contribution in [0.3, 0.4) is 0 Å². The molecule has 1 aliphatic rings. The monoisotopic (exact) mass is 351 g/mol. The molecule has 4 rings (SSSR count). The first-order chi connectivity index (χ1) is 12.6. The number of piperidine rings is 1. The number of nitrogens with zero attached hydrogens (tertiary/aromatic N) is 1. The Morgan fingerprint density at radius 3 is 2.62 bits per heavy atom. The van der Waals surface area contributed by atoms with E-state index < -0.39 is 11.9 Å². The number of aliphatic hydroxyl groups excluding tert-OH is 1. The Balaban J connectivity index is 1.48. The lowest BCUT2D eigenvalue weighted by molar-refractivity contribution is 0.0473. The van der Waals surface area contributed by atoms with Gasteiger partial charge in [0.2, 0.25) is 0 Å². The Hall–Kier alpha value is -2.43. The molecule has 0 amide bonds. The highest BCUT2D eigenvalue weighted by Crippen LogP contribution is 2.32. The molecule has 1 aliphatic heterocycles. The first kappa shape index (κ1) is 17.0. The van der Waals surface area contributed by atoms with Crippen LogP contribution in [0, 0.1) is 5.82 Å². The van der Waals surface area contributed by atoms with Gasteiger partial charge in [0.1, 0.15) is 0 Å². The second-order valence-electron chi connectivity index (χ2n) is 7.05. The lowest BCUT2D eigenvalue weighted by Crippen LogP contribution is -2.42. The van der Waals surface area contributed by atoms with Crippen LogP contribution in [0.4, 0.5) is 4.39 Å². The van der Waals surface area contributed by atoms with E-state index in [2.05, 4.69) is 35.2 Å². The highest BCUT2D eigenvalue weighted by Gasteiger charge is 2.29. The molecular weight excluding hydrogens is 329 g/mol. The highest BCUT2D eigenvalue weighted by atomic mass is 19.1. The van der Waals surface area contributed by atoms with Crippen molar-refractivity contribution in [3.8, 4) is 5.75 Å². The van der Waals surface area contributed by atoms with Crippen molar-refractivity contribution in [2.75, 3.05) is 13.1 Å². The molecule has 1 fully saturated rings. The summed E-state index contributed by atoms with van der Waals surface area (Å²) in [6.07, 6.45) is 0.343. The minimum absolute atomic E-state index is 0.0944. The third kappa shape index (κ3) is 3.30. The SMILES string of the molecule is Oc1c(F)cccc1CN1CC[C@H](c2ccc3ccccc3c2)[C@@H](O)C1. The van der Waals surface area contributed by atoms with E-state index >= 15 is 0 Å². The molecule has 3 aromatic rings. The third-order valence-electron chi connectivity index (χ3n) is 5.33. The predicted molar refractivity (Wildman–Crippen MR) is 101 cm³/mol. The summed E-state index contributed by atoms with van der Waals surface area (Å²) in [4.78, 5) is 2.07. The molecule has 0 bridgehead atoms. The van der Waals surface area contributed by atoms with Crippen LogP contribution in [0.1, 0.15) is 23.5 Å². The molecule has 0 unspecified atom stereocenters. The van der Waals surface area contributed by atoms with Crippen LogP contribution in [-0.4, -0.2) is 34.3 Å². The van der Waals surface area contributed by atoms with Crippen LogP contribution in [0.25, 0.3) is 10.8 Å². The van der Waals surface area contributed by atoms with E-state index in [1.165, 1.54) is 16.8 Å². The van der Waals surface area contributed by atoms with Gasteiger partial charge in [0.25, 0.3) is 0 Å². The van der Waals surface area contributed by atoms with Crippen molar-refractivity contribution in [1.82, 2.24) is 4.90 Å². The van der Waals surface area contributed by atoms with Crippen molar-refractivity contribution in [1.29, 1.82) is 0 Å². The van der Waals surface area contributed by atoms with Crippen molar-refractivity contribution in [2.24, 2.45) is 0 Å². The van der Waals surface area contributed by atoms with Gasteiger partial charge in [-0.05, 0) is 35.4 Å². The number of phenolic OH excluding ortho intramolecular Hbond substituents is 1. The normalized spacial score (nSPS) is 21.2. The van der Waals surface area contributed by atoms with Crippen LogP contribution >= 0.6 is 0 Å². The first-order valence-electron chi connectivity index (χ1n) is 8.97. The lowest BCUT2D eigenvalue weighted by Gasteiger charge is -2.36. The minimum Gasteiger partial charge on any atom is -0.505 e. The van der Waals surface area contributed by atoms with Gasteiger partial charge in [-0.1, -0.05) is 54.6 Å². The Morgan fingerprint density at radius 2 is 1.81 bits per heavy atom. The summed E-state index contributed by atoms with van der Waals surface area (Å²) in [5.41, 5.74) is 1.71. The number of fused-ring (bicyclic) bond motifs is 1. The number of aliphatic hydroxyl groups is 1. The van der Waals surface area contributed by atoms with E-state index in [4.69, 9.17) is 0 Å². The van der Waals surface area contributed by atoms with E-state index in [9.17, 15) is 14.6 Å². The van der Waals surface area contributed by atoms with E-state index in [0.717, 1.165) is 18.5 Å². The zero-order chi connectivity index (χ0) is 18.1. The molecule has 26 heavy (non-hydrogen) atoms. The third-order valence-corrected chi connectivity index (χ3v) is 5.33. The molecule has 1 saturated heterocycles. The van der Waals surface area contributed by atoms with Crippen molar-refractivity contribution >= 4 is 10.8 Å². The van der Waals surface area contributed by atoms with Crippen molar-refractivity contribution in [3.63, 3.8) is 0 Å². The molecule has 2 atom stereocenters. The number of phenols is 1. The summed E-state index contributed by atoms with van der Waals surface area (Å²) in [7, 11) is 0. The van der Waals surface area contributed by atoms with Gasteiger partial charge in [-0.3, -0.25) is 4.90 Å². The van der Waals surface area contributed by atoms with Crippen LogP contribution in [0.2, 0.25) is 0 Å². The Bertz CT molecular complexity index is 927. The fourth-order valence-corrected chi connectivity index (χ4v) is 3.90. The second kappa shape index (κ2) is 7.06. The summed E-state index contributed by atoms with van der Waals surface area (Å²) in [6, 6.07) is 19.2.